The summed E-state index contributed by atoms with van der Waals surface area (Å²) in [5.41, 5.74) is 0.588. The molecule has 2 aliphatic heterocycles. The molecule has 0 bridgehead atoms. The molecule has 150 valence electrons. The highest BCUT2D eigenvalue weighted by Gasteiger charge is 2.40. The van der Waals surface area contributed by atoms with Gasteiger partial charge < -0.3 is 15.1 Å². The van der Waals surface area contributed by atoms with Crippen LogP contribution in [0.1, 0.15) is 52.4 Å². The van der Waals surface area contributed by atoms with Crippen LogP contribution in [0.3, 0.4) is 0 Å². The lowest BCUT2D eigenvalue weighted by atomic mass is 9.73. The molecule has 1 aliphatic carbocycles. The van der Waals surface area contributed by atoms with Crippen LogP contribution in [-0.4, -0.2) is 86.6 Å². The zero-order chi connectivity index (χ0) is 18.6. The Hall–Kier alpha value is -0.810. The minimum Gasteiger partial charge on any atom is -0.355 e. The normalized spacial score (nSPS) is 26.7. The van der Waals surface area contributed by atoms with Crippen LogP contribution >= 0.6 is 0 Å². The van der Waals surface area contributed by atoms with Gasteiger partial charge in [0.1, 0.15) is 0 Å². The predicted molar refractivity (Wildman–Crippen MR) is 111 cm³/mol. The quantitative estimate of drug-likeness (QED) is 0.615. The van der Waals surface area contributed by atoms with Gasteiger partial charge in [0.2, 0.25) is 0 Å². The molecule has 1 N–H and O–H groups in total. The standard InChI is InChI=1S/C21H41N5/c1-18(2)19(25-14-12-24(4)13-15-25)16-23-20(22-3)26-11-10-21(17-26)8-6-5-7-9-21/h18-19H,5-17H2,1-4H3,(H,22,23). The first-order valence-corrected chi connectivity index (χ1v) is 10.9. The largest absolute Gasteiger partial charge is 0.355 e. The van der Waals surface area contributed by atoms with Crippen LogP contribution in [0.25, 0.3) is 0 Å². The first-order chi connectivity index (χ1) is 12.5. The van der Waals surface area contributed by atoms with Crippen LogP contribution in [0.5, 0.6) is 0 Å². The molecule has 2 heterocycles. The van der Waals surface area contributed by atoms with Crippen molar-refractivity contribution < 1.29 is 0 Å². The molecule has 1 spiro atoms. The van der Waals surface area contributed by atoms with E-state index in [0.29, 0.717) is 17.4 Å². The number of guanidine groups is 1. The van der Waals surface area contributed by atoms with Crippen molar-refractivity contribution in [3.8, 4) is 0 Å². The maximum atomic E-state index is 4.64. The summed E-state index contributed by atoms with van der Waals surface area (Å²) in [6.07, 6.45) is 8.51. The second kappa shape index (κ2) is 8.92. The molecule has 26 heavy (non-hydrogen) atoms. The summed E-state index contributed by atoms with van der Waals surface area (Å²) in [5, 5.41) is 3.74. The van der Waals surface area contributed by atoms with Crippen LogP contribution in [0, 0.1) is 11.3 Å². The maximum Gasteiger partial charge on any atom is 0.193 e. The number of aliphatic imine (C=N–C) groups is 1. The minimum absolute atomic E-state index is 0.588. The Kier molecular flexibility index (Phi) is 6.84. The summed E-state index contributed by atoms with van der Waals surface area (Å²) in [5.74, 6) is 1.79. The molecular formula is C21H41N5. The fourth-order valence-electron chi connectivity index (χ4n) is 5.29. The van der Waals surface area contributed by atoms with Gasteiger partial charge in [-0.15, -0.1) is 0 Å². The van der Waals surface area contributed by atoms with Crippen molar-refractivity contribution in [1.29, 1.82) is 0 Å². The van der Waals surface area contributed by atoms with E-state index in [-0.39, 0.29) is 0 Å². The molecular weight excluding hydrogens is 322 g/mol. The van der Waals surface area contributed by atoms with E-state index < -0.39 is 0 Å². The predicted octanol–water partition coefficient (Wildman–Crippen LogP) is 2.49. The topological polar surface area (TPSA) is 34.1 Å². The summed E-state index contributed by atoms with van der Waals surface area (Å²) in [7, 11) is 4.19. The van der Waals surface area contributed by atoms with Gasteiger partial charge in [-0.25, -0.2) is 0 Å². The van der Waals surface area contributed by atoms with E-state index in [2.05, 4.69) is 45.9 Å². The zero-order valence-corrected chi connectivity index (χ0v) is 17.6. The maximum absolute atomic E-state index is 4.64. The van der Waals surface area contributed by atoms with Gasteiger partial charge in [0, 0.05) is 58.9 Å². The van der Waals surface area contributed by atoms with Gasteiger partial charge in [-0.2, -0.15) is 0 Å². The molecule has 1 atom stereocenters. The fourth-order valence-corrected chi connectivity index (χ4v) is 5.29. The van der Waals surface area contributed by atoms with Gasteiger partial charge in [0.25, 0.3) is 0 Å². The van der Waals surface area contributed by atoms with Crippen molar-refractivity contribution in [3.63, 3.8) is 0 Å². The fraction of sp³-hybridized carbons (Fsp3) is 0.952. The summed E-state index contributed by atoms with van der Waals surface area (Å²) in [4.78, 5) is 12.3. The van der Waals surface area contributed by atoms with Crippen molar-refractivity contribution in [3.05, 3.63) is 0 Å². The first kappa shape index (κ1) is 19.9. The second-order valence-corrected chi connectivity index (χ2v) is 9.31. The number of nitrogens with one attached hydrogen (secondary N) is 1. The number of hydrogen-bond acceptors (Lipinski definition) is 3. The number of piperazine rings is 1. The van der Waals surface area contributed by atoms with E-state index in [4.69, 9.17) is 0 Å². The minimum atomic E-state index is 0.588. The average molecular weight is 364 g/mol. The van der Waals surface area contributed by atoms with Crippen molar-refractivity contribution in [1.82, 2.24) is 20.0 Å². The van der Waals surface area contributed by atoms with Crippen LogP contribution in [0.15, 0.2) is 4.99 Å². The monoisotopic (exact) mass is 363 g/mol. The lowest BCUT2D eigenvalue weighted by Gasteiger charge is -2.40. The van der Waals surface area contributed by atoms with E-state index in [1.165, 1.54) is 77.8 Å². The van der Waals surface area contributed by atoms with Crippen LogP contribution < -0.4 is 5.32 Å². The van der Waals surface area contributed by atoms with E-state index in [9.17, 15) is 0 Å². The molecule has 0 aromatic rings. The molecule has 0 aromatic heterocycles. The SMILES string of the molecule is CN=C(NCC(C(C)C)N1CCN(C)CC1)N1CCC2(CCCCC2)C1. The van der Waals surface area contributed by atoms with Crippen molar-refractivity contribution in [2.45, 2.75) is 58.4 Å². The highest BCUT2D eigenvalue weighted by molar-refractivity contribution is 5.80. The smallest absolute Gasteiger partial charge is 0.193 e. The first-order valence-electron chi connectivity index (χ1n) is 10.9. The summed E-state index contributed by atoms with van der Waals surface area (Å²) >= 11 is 0. The Morgan fingerprint density at radius 1 is 1.00 bits per heavy atom. The molecule has 5 heteroatoms. The van der Waals surface area contributed by atoms with Crippen molar-refractivity contribution >= 4 is 5.96 Å². The van der Waals surface area contributed by atoms with Gasteiger partial charge in [0.15, 0.2) is 5.96 Å². The molecule has 0 aromatic carbocycles. The number of nitrogens with zero attached hydrogens (tertiary/aromatic N) is 4. The molecule has 3 rings (SSSR count). The third kappa shape index (κ3) is 4.72. The van der Waals surface area contributed by atoms with Gasteiger partial charge in [0.05, 0.1) is 0 Å². The van der Waals surface area contributed by atoms with Crippen LogP contribution in [0.4, 0.5) is 0 Å². The van der Waals surface area contributed by atoms with E-state index in [0.717, 1.165) is 12.5 Å². The van der Waals surface area contributed by atoms with Crippen LogP contribution in [0.2, 0.25) is 0 Å². The van der Waals surface area contributed by atoms with E-state index in [1.807, 2.05) is 7.05 Å². The Morgan fingerprint density at radius 3 is 2.31 bits per heavy atom. The van der Waals surface area contributed by atoms with Crippen LogP contribution in [-0.2, 0) is 0 Å². The summed E-state index contributed by atoms with van der Waals surface area (Å²) in [6, 6.07) is 0.590. The van der Waals surface area contributed by atoms with Crippen molar-refractivity contribution in [2.75, 3.05) is 59.9 Å². The van der Waals surface area contributed by atoms with E-state index >= 15 is 0 Å². The molecule has 0 radical (unpaired) electrons. The molecule has 1 unspecified atom stereocenters. The molecule has 1 saturated carbocycles. The number of hydrogen-bond donors (Lipinski definition) is 1. The van der Waals surface area contributed by atoms with Gasteiger partial charge in [-0.3, -0.25) is 9.89 Å². The number of likely N-dealkylation sites (tertiary alicyclic amines) is 1. The Morgan fingerprint density at radius 2 is 1.69 bits per heavy atom. The molecule has 0 amide bonds. The van der Waals surface area contributed by atoms with Crippen molar-refractivity contribution in [2.24, 2.45) is 16.3 Å². The Labute approximate surface area is 161 Å². The summed E-state index contributed by atoms with van der Waals surface area (Å²) < 4.78 is 0. The summed E-state index contributed by atoms with van der Waals surface area (Å²) in [6.45, 7) is 12.9. The highest BCUT2D eigenvalue weighted by atomic mass is 15.3. The third-order valence-electron chi connectivity index (χ3n) is 7.11. The molecule has 3 fully saturated rings. The van der Waals surface area contributed by atoms with E-state index in [1.54, 1.807) is 0 Å². The molecule has 3 aliphatic rings. The lowest BCUT2D eigenvalue weighted by Crippen LogP contribution is -2.55. The average Bonchev–Trinajstić information content (AvgIpc) is 3.03. The van der Waals surface area contributed by atoms with Gasteiger partial charge >= 0.3 is 0 Å². The molecule has 5 nitrogen and oxygen atoms in total. The van der Waals surface area contributed by atoms with Gasteiger partial charge in [-0.05, 0) is 37.6 Å². The van der Waals surface area contributed by atoms with Gasteiger partial charge in [-0.1, -0.05) is 33.1 Å². The third-order valence-corrected chi connectivity index (χ3v) is 7.11. The zero-order valence-electron chi connectivity index (χ0n) is 17.6. The lowest BCUT2D eigenvalue weighted by molar-refractivity contribution is 0.0896. The molecule has 2 saturated heterocycles. The highest BCUT2D eigenvalue weighted by Crippen LogP contribution is 2.43. The Balaban J connectivity index is 1.54. The number of likely N-dealkylation sites (N-methyl/N-ethyl adjacent to an activating group) is 1. The Bertz CT molecular complexity index is 461. The second-order valence-electron chi connectivity index (χ2n) is 9.31. The number of rotatable bonds is 4.